The maximum absolute atomic E-state index is 11.7. The predicted octanol–water partition coefficient (Wildman–Crippen LogP) is 3.32. The Balaban J connectivity index is 2.92. The molecule has 1 aromatic rings. The Morgan fingerprint density at radius 3 is 2.62 bits per heavy atom. The van der Waals surface area contributed by atoms with E-state index >= 15 is 0 Å². The third kappa shape index (κ3) is 3.22. The highest BCUT2D eigenvalue weighted by Crippen LogP contribution is 2.25. The summed E-state index contributed by atoms with van der Waals surface area (Å²) in [6.45, 7) is 3.47. The summed E-state index contributed by atoms with van der Waals surface area (Å²) in [6.07, 6.45) is 0. The van der Waals surface area contributed by atoms with Crippen molar-refractivity contribution in [2.45, 2.75) is 18.2 Å². The van der Waals surface area contributed by atoms with Crippen LogP contribution in [0.5, 0.6) is 0 Å². The van der Waals surface area contributed by atoms with Gasteiger partial charge in [-0.05, 0) is 32.0 Å². The number of nitriles is 1. The molecule has 0 radical (unpaired) electrons. The third-order valence-corrected chi connectivity index (χ3v) is 2.56. The monoisotopic (exact) mass is 300 g/mol. The van der Waals surface area contributed by atoms with Gasteiger partial charge in [-0.15, -0.1) is 0 Å². The fraction of sp³-hybridized carbons (Fsp3) is 0.273. The quantitative estimate of drug-likeness (QED) is 0.852. The number of alkyl halides is 1. The number of anilines is 1. The molecule has 0 fully saturated rings. The molecule has 0 aliphatic carbocycles. The number of carbonyl (C=O) groups excluding carboxylic acids is 1. The van der Waals surface area contributed by atoms with Crippen molar-refractivity contribution < 1.29 is 4.79 Å². The topological polar surface area (TPSA) is 52.9 Å². The van der Waals surface area contributed by atoms with E-state index in [9.17, 15) is 4.79 Å². The number of rotatable bonds is 2. The molecule has 3 nitrogen and oxygen atoms in total. The Bertz CT molecular complexity index is 460. The second-order valence-electron chi connectivity index (χ2n) is 3.73. The molecule has 5 heteroatoms. The first-order valence-corrected chi connectivity index (χ1v) is 5.71. The highest BCUT2D eigenvalue weighted by molar-refractivity contribution is 9.10. The number of halogens is 2. The minimum absolute atomic E-state index is 0.195. The van der Waals surface area contributed by atoms with Gasteiger partial charge in [-0.25, -0.2) is 0 Å². The van der Waals surface area contributed by atoms with Gasteiger partial charge in [-0.1, -0.05) is 27.5 Å². The van der Waals surface area contributed by atoms with E-state index in [2.05, 4.69) is 21.2 Å². The molecule has 0 aliphatic heterocycles. The van der Waals surface area contributed by atoms with E-state index in [0.717, 1.165) is 0 Å². The molecule has 16 heavy (non-hydrogen) atoms. The standard InChI is InChI=1S/C11H10BrClN2O/c1-11(2,12)10(16)15-9-4-3-7(6-14)5-8(9)13/h3-5H,1-2H3,(H,15,16). The Hall–Kier alpha value is -1.05. The summed E-state index contributed by atoms with van der Waals surface area (Å²) in [6, 6.07) is 6.69. The maximum atomic E-state index is 11.7. The highest BCUT2D eigenvalue weighted by Gasteiger charge is 2.24. The number of nitrogens with one attached hydrogen (secondary N) is 1. The predicted molar refractivity (Wildman–Crippen MR) is 67.8 cm³/mol. The molecule has 0 aromatic heterocycles. The molecule has 1 N–H and O–H groups in total. The van der Waals surface area contributed by atoms with Gasteiger partial charge in [-0.2, -0.15) is 5.26 Å². The van der Waals surface area contributed by atoms with Crippen LogP contribution in [0.2, 0.25) is 5.02 Å². The van der Waals surface area contributed by atoms with Crippen LogP contribution in [-0.4, -0.2) is 10.2 Å². The summed E-state index contributed by atoms with van der Waals surface area (Å²) in [7, 11) is 0. The minimum Gasteiger partial charge on any atom is -0.324 e. The van der Waals surface area contributed by atoms with Gasteiger partial charge < -0.3 is 5.32 Å². The molecule has 0 spiro atoms. The van der Waals surface area contributed by atoms with Crippen LogP contribution < -0.4 is 5.32 Å². The second kappa shape index (κ2) is 4.86. The van der Waals surface area contributed by atoms with Crippen molar-refractivity contribution in [1.29, 1.82) is 5.26 Å². The number of hydrogen-bond donors (Lipinski definition) is 1. The largest absolute Gasteiger partial charge is 0.324 e. The molecule has 1 amide bonds. The van der Waals surface area contributed by atoms with Gasteiger partial charge in [0, 0.05) is 0 Å². The van der Waals surface area contributed by atoms with Gasteiger partial charge in [0.15, 0.2) is 0 Å². The fourth-order valence-corrected chi connectivity index (χ4v) is 1.28. The summed E-state index contributed by atoms with van der Waals surface area (Å²) < 4.78 is -0.662. The molecule has 0 atom stereocenters. The Morgan fingerprint density at radius 1 is 1.56 bits per heavy atom. The van der Waals surface area contributed by atoms with E-state index in [-0.39, 0.29) is 5.91 Å². The van der Waals surface area contributed by atoms with Crippen molar-refractivity contribution >= 4 is 39.1 Å². The zero-order chi connectivity index (χ0) is 12.3. The number of benzene rings is 1. The zero-order valence-electron chi connectivity index (χ0n) is 8.84. The van der Waals surface area contributed by atoms with E-state index in [1.54, 1.807) is 26.0 Å². The summed E-state index contributed by atoms with van der Waals surface area (Å²) in [4.78, 5) is 11.7. The number of hydrogen-bond acceptors (Lipinski definition) is 2. The van der Waals surface area contributed by atoms with Crippen LogP contribution in [0.3, 0.4) is 0 Å². The van der Waals surface area contributed by atoms with Crippen LogP contribution in [0, 0.1) is 11.3 Å². The minimum atomic E-state index is -0.662. The van der Waals surface area contributed by atoms with Crippen LogP contribution in [0.25, 0.3) is 0 Å². The normalized spacial score (nSPS) is 10.7. The average Bonchev–Trinajstić information content (AvgIpc) is 2.19. The van der Waals surface area contributed by atoms with Crippen molar-refractivity contribution in [3.8, 4) is 6.07 Å². The average molecular weight is 302 g/mol. The van der Waals surface area contributed by atoms with Crippen LogP contribution in [0.15, 0.2) is 18.2 Å². The molecule has 0 bridgehead atoms. The smallest absolute Gasteiger partial charge is 0.240 e. The van der Waals surface area contributed by atoms with E-state index in [0.29, 0.717) is 16.3 Å². The van der Waals surface area contributed by atoms with Crippen molar-refractivity contribution in [2.24, 2.45) is 0 Å². The van der Waals surface area contributed by atoms with E-state index in [1.165, 1.54) is 6.07 Å². The summed E-state index contributed by atoms with van der Waals surface area (Å²) in [5.41, 5.74) is 0.958. The Kier molecular flexibility index (Phi) is 3.95. The molecule has 84 valence electrons. The molecule has 0 saturated carbocycles. The van der Waals surface area contributed by atoms with Gasteiger partial charge in [0.25, 0.3) is 0 Å². The van der Waals surface area contributed by atoms with E-state index in [4.69, 9.17) is 16.9 Å². The first-order valence-electron chi connectivity index (χ1n) is 4.54. The first-order chi connectivity index (χ1) is 7.34. The van der Waals surface area contributed by atoms with Crippen molar-refractivity contribution in [3.05, 3.63) is 28.8 Å². The van der Waals surface area contributed by atoms with E-state index in [1.807, 2.05) is 6.07 Å². The van der Waals surface area contributed by atoms with Crippen LogP contribution >= 0.6 is 27.5 Å². The molecule has 1 rings (SSSR count). The van der Waals surface area contributed by atoms with Crippen molar-refractivity contribution in [1.82, 2.24) is 0 Å². The number of carbonyl (C=O) groups is 1. The lowest BCUT2D eigenvalue weighted by atomic mass is 10.2. The second-order valence-corrected chi connectivity index (χ2v) is 6.12. The Labute approximate surface area is 108 Å². The van der Waals surface area contributed by atoms with Crippen LogP contribution in [0.4, 0.5) is 5.69 Å². The van der Waals surface area contributed by atoms with Gasteiger partial charge >= 0.3 is 0 Å². The zero-order valence-corrected chi connectivity index (χ0v) is 11.2. The lowest BCUT2D eigenvalue weighted by Gasteiger charge is -2.16. The summed E-state index contributed by atoms with van der Waals surface area (Å²) in [5, 5.41) is 11.7. The van der Waals surface area contributed by atoms with Gasteiger partial charge in [0.2, 0.25) is 5.91 Å². The van der Waals surface area contributed by atoms with Gasteiger partial charge in [0.05, 0.1) is 26.7 Å². The highest BCUT2D eigenvalue weighted by atomic mass is 79.9. The molecule has 0 aliphatic rings. The molecular weight excluding hydrogens is 291 g/mol. The number of nitrogens with zero attached hydrogens (tertiary/aromatic N) is 1. The maximum Gasteiger partial charge on any atom is 0.240 e. The van der Waals surface area contributed by atoms with E-state index < -0.39 is 4.32 Å². The Morgan fingerprint density at radius 2 is 2.19 bits per heavy atom. The van der Waals surface area contributed by atoms with Crippen molar-refractivity contribution in [2.75, 3.05) is 5.32 Å². The molecule has 0 heterocycles. The van der Waals surface area contributed by atoms with Gasteiger partial charge in [0.1, 0.15) is 0 Å². The first kappa shape index (κ1) is 13.0. The molecular formula is C11H10BrClN2O. The molecule has 0 saturated heterocycles. The lowest BCUT2D eigenvalue weighted by molar-refractivity contribution is -0.117. The van der Waals surface area contributed by atoms with Gasteiger partial charge in [-0.3, -0.25) is 4.79 Å². The number of amides is 1. The van der Waals surface area contributed by atoms with Crippen molar-refractivity contribution in [3.63, 3.8) is 0 Å². The molecule has 0 unspecified atom stereocenters. The molecule has 1 aromatic carbocycles. The third-order valence-electron chi connectivity index (χ3n) is 1.89. The SMILES string of the molecule is CC(C)(Br)C(=O)Nc1ccc(C#N)cc1Cl. The summed E-state index contributed by atoms with van der Waals surface area (Å²) in [5.74, 6) is -0.195. The fourth-order valence-electron chi connectivity index (χ4n) is 0.957. The summed E-state index contributed by atoms with van der Waals surface area (Å²) >= 11 is 9.17. The van der Waals surface area contributed by atoms with Crippen LogP contribution in [-0.2, 0) is 4.79 Å². The lowest BCUT2D eigenvalue weighted by Crippen LogP contribution is -2.31. The van der Waals surface area contributed by atoms with Crippen LogP contribution in [0.1, 0.15) is 19.4 Å².